The molecule has 2 aromatic carbocycles. The van der Waals surface area contributed by atoms with E-state index >= 15 is 0 Å². The van der Waals surface area contributed by atoms with Crippen LogP contribution in [0.25, 0.3) is 0 Å². The van der Waals surface area contributed by atoms with Gasteiger partial charge in [0.1, 0.15) is 5.75 Å². The van der Waals surface area contributed by atoms with E-state index in [4.69, 9.17) is 25.8 Å². The Morgan fingerprint density at radius 2 is 2.00 bits per heavy atom. The molecular formula is C36H47ClN2O6S. The number of hydrogen-bond donors (Lipinski definition) is 1. The van der Waals surface area contributed by atoms with Gasteiger partial charge in [-0.15, -0.1) is 0 Å². The van der Waals surface area contributed by atoms with Crippen molar-refractivity contribution in [1.82, 2.24) is 4.72 Å². The molecule has 1 fully saturated rings. The Kier molecular flexibility index (Phi) is 9.77. The number of benzene rings is 2. The molecule has 1 amide bonds. The van der Waals surface area contributed by atoms with E-state index in [1.165, 1.54) is 11.1 Å². The highest BCUT2D eigenvalue weighted by molar-refractivity contribution is 7.90. The lowest BCUT2D eigenvalue weighted by atomic mass is 9.68. The molecule has 2 aromatic rings. The summed E-state index contributed by atoms with van der Waals surface area (Å²) >= 11 is 6.44. The van der Waals surface area contributed by atoms with Gasteiger partial charge in [0.05, 0.1) is 36.4 Å². The van der Waals surface area contributed by atoms with Crippen molar-refractivity contribution in [2.45, 2.75) is 82.2 Å². The first kappa shape index (κ1) is 33.3. The number of halogens is 1. The number of fused-ring (bicyclic) bond motifs is 4. The summed E-state index contributed by atoms with van der Waals surface area (Å²) < 4.78 is 47.6. The average Bonchev–Trinajstić information content (AvgIpc) is 3.17. The minimum atomic E-state index is -3.92. The van der Waals surface area contributed by atoms with E-state index in [-0.39, 0.29) is 23.5 Å². The summed E-state index contributed by atoms with van der Waals surface area (Å²) in [6.45, 7) is 8.05. The van der Waals surface area contributed by atoms with Crippen molar-refractivity contribution in [3.05, 3.63) is 70.3 Å². The number of carbonyl (C=O) groups excluding carboxylic acids is 1. The van der Waals surface area contributed by atoms with Gasteiger partial charge in [0.15, 0.2) is 0 Å². The van der Waals surface area contributed by atoms with Crippen molar-refractivity contribution in [2.24, 2.45) is 17.8 Å². The molecule has 10 heteroatoms. The second kappa shape index (κ2) is 13.5. The smallest absolute Gasteiger partial charge is 0.264 e. The quantitative estimate of drug-likeness (QED) is 0.382. The molecule has 4 aliphatic rings. The Labute approximate surface area is 278 Å². The van der Waals surface area contributed by atoms with Crippen LogP contribution in [-0.2, 0) is 31.3 Å². The highest BCUT2D eigenvalue weighted by Crippen LogP contribution is 2.47. The molecular weight excluding hydrogens is 624 g/mol. The standard InChI is InChI=1S/C36H47ClN2O6S/c1-23-7-5-9-33(44-20-24(2)43-4)30-13-10-28(30)19-39-21-36(16-6-8-26-17-29(37)12-14-31(26)36)22-45-34-15-11-27(18-32(34)39)35(40)38-46(41,42)25(23)3/h5,9,11-12,14-15,17-18,23-25,28,30,33H,6-8,10,13,16,19-22H2,1-4H3,(H,38,40)/b9-5-/t23-,24+,25+,28-,30+,33-,36-/m0/s1. The third-order valence-electron chi connectivity index (χ3n) is 10.9. The average molecular weight is 671 g/mol. The van der Waals surface area contributed by atoms with Crippen molar-refractivity contribution in [3.8, 4) is 5.75 Å². The van der Waals surface area contributed by atoms with Crippen molar-refractivity contribution in [1.29, 1.82) is 0 Å². The molecule has 2 heterocycles. The van der Waals surface area contributed by atoms with E-state index in [2.05, 4.69) is 33.9 Å². The van der Waals surface area contributed by atoms with E-state index in [0.29, 0.717) is 42.8 Å². The minimum Gasteiger partial charge on any atom is -0.490 e. The Morgan fingerprint density at radius 3 is 2.76 bits per heavy atom. The molecule has 0 aromatic heterocycles. The first-order valence-electron chi connectivity index (χ1n) is 16.7. The maximum absolute atomic E-state index is 13.5. The summed E-state index contributed by atoms with van der Waals surface area (Å²) in [5, 5.41) is -0.0223. The van der Waals surface area contributed by atoms with E-state index < -0.39 is 21.2 Å². The number of aryl methyl sites for hydroxylation is 1. The predicted octanol–water partition coefficient (Wildman–Crippen LogP) is 6.30. The van der Waals surface area contributed by atoms with Crippen LogP contribution >= 0.6 is 11.6 Å². The van der Waals surface area contributed by atoms with Crippen LogP contribution in [0.2, 0.25) is 5.02 Å². The first-order chi connectivity index (χ1) is 22.0. The maximum atomic E-state index is 13.5. The SMILES string of the molecule is CO[C@H](C)CO[C@H]1/C=C\C[C@H](C)[C@@H](C)S(=O)(=O)NC(=O)c2ccc3c(c2)N(C[C@@H]2CC[C@H]21)C[C@@]1(CCCc2cc(Cl)ccc21)CO3. The molecule has 46 heavy (non-hydrogen) atoms. The fourth-order valence-electron chi connectivity index (χ4n) is 7.63. The third-order valence-corrected chi connectivity index (χ3v) is 13.1. The summed E-state index contributed by atoms with van der Waals surface area (Å²) in [5.74, 6) is 0.551. The van der Waals surface area contributed by atoms with Gasteiger partial charge in [0.2, 0.25) is 10.0 Å². The zero-order valence-corrected chi connectivity index (χ0v) is 28.9. The van der Waals surface area contributed by atoms with E-state index in [9.17, 15) is 13.2 Å². The molecule has 2 aliphatic carbocycles. The lowest BCUT2D eigenvalue weighted by molar-refractivity contribution is -0.0530. The molecule has 250 valence electrons. The number of hydrogen-bond acceptors (Lipinski definition) is 7. The highest BCUT2D eigenvalue weighted by atomic mass is 35.5. The second-order valence-corrected chi connectivity index (χ2v) is 16.4. The number of anilines is 1. The number of sulfonamides is 1. The number of carbonyl (C=O) groups is 1. The normalized spacial score (nSPS) is 32.2. The fraction of sp³-hybridized carbons (Fsp3) is 0.583. The van der Waals surface area contributed by atoms with E-state index in [1.807, 2.05) is 32.0 Å². The van der Waals surface area contributed by atoms with Gasteiger partial charge in [-0.3, -0.25) is 4.79 Å². The topological polar surface area (TPSA) is 94.2 Å². The van der Waals surface area contributed by atoms with Crippen LogP contribution in [-0.4, -0.2) is 65.2 Å². The molecule has 2 bridgehead atoms. The van der Waals surface area contributed by atoms with Gasteiger partial charge < -0.3 is 19.1 Å². The minimum absolute atomic E-state index is 0.0345. The summed E-state index contributed by atoms with van der Waals surface area (Å²) in [5.41, 5.74) is 3.41. The van der Waals surface area contributed by atoms with Crippen LogP contribution in [0.4, 0.5) is 5.69 Å². The number of amides is 1. The van der Waals surface area contributed by atoms with Crippen LogP contribution in [0.5, 0.6) is 5.75 Å². The van der Waals surface area contributed by atoms with Crippen LogP contribution < -0.4 is 14.4 Å². The zero-order chi connectivity index (χ0) is 32.6. The van der Waals surface area contributed by atoms with Crippen LogP contribution in [0, 0.1) is 17.8 Å². The number of methoxy groups -OCH3 is 1. The summed E-state index contributed by atoms with van der Waals surface area (Å²) in [7, 11) is -2.23. The zero-order valence-electron chi connectivity index (χ0n) is 27.3. The van der Waals surface area contributed by atoms with Gasteiger partial charge in [-0.2, -0.15) is 0 Å². The van der Waals surface area contributed by atoms with Gasteiger partial charge in [0, 0.05) is 36.2 Å². The van der Waals surface area contributed by atoms with Crippen molar-refractivity contribution in [3.63, 3.8) is 0 Å². The molecule has 1 saturated carbocycles. The molecule has 6 rings (SSSR count). The molecule has 0 radical (unpaired) electrons. The lowest BCUT2D eigenvalue weighted by Crippen LogP contribution is -2.50. The number of allylic oxidation sites excluding steroid dienone is 1. The van der Waals surface area contributed by atoms with Crippen molar-refractivity contribution in [2.75, 3.05) is 38.3 Å². The maximum Gasteiger partial charge on any atom is 0.264 e. The van der Waals surface area contributed by atoms with Crippen molar-refractivity contribution < 1.29 is 27.4 Å². The van der Waals surface area contributed by atoms with Crippen LogP contribution in [0.15, 0.2) is 48.6 Å². The molecule has 8 nitrogen and oxygen atoms in total. The van der Waals surface area contributed by atoms with Gasteiger partial charge in [-0.05, 0) is 112 Å². The molecule has 7 atom stereocenters. The van der Waals surface area contributed by atoms with Crippen LogP contribution in [0.1, 0.15) is 74.4 Å². The summed E-state index contributed by atoms with van der Waals surface area (Å²) in [6.07, 6.45) is 9.72. The predicted molar refractivity (Wildman–Crippen MR) is 181 cm³/mol. The molecule has 2 aliphatic heterocycles. The van der Waals surface area contributed by atoms with Crippen LogP contribution in [0.3, 0.4) is 0 Å². The number of nitrogens with zero attached hydrogens (tertiary/aromatic N) is 1. The van der Waals surface area contributed by atoms with Gasteiger partial charge in [-0.1, -0.05) is 36.7 Å². The lowest BCUT2D eigenvalue weighted by Gasteiger charge is -2.46. The molecule has 0 saturated heterocycles. The Morgan fingerprint density at radius 1 is 1.17 bits per heavy atom. The third kappa shape index (κ3) is 6.71. The summed E-state index contributed by atoms with van der Waals surface area (Å²) in [4.78, 5) is 15.9. The van der Waals surface area contributed by atoms with Gasteiger partial charge >= 0.3 is 0 Å². The number of ether oxygens (including phenoxy) is 3. The Bertz CT molecular complexity index is 1580. The Balaban J connectivity index is 1.41. The number of rotatable bonds is 4. The van der Waals surface area contributed by atoms with E-state index in [1.54, 1.807) is 20.1 Å². The second-order valence-electron chi connectivity index (χ2n) is 14.0. The monoisotopic (exact) mass is 670 g/mol. The fourth-order valence-corrected chi connectivity index (χ4v) is 9.11. The molecule has 1 spiro atoms. The van der Waals surface area contributed by atoms with Gasteiger partial charge in [-0.25, -0.2) is 13.1 Å². The molecule has 0 unspecified atom stereocenters. The highest BCUT2D eigenvalue weighted by Gasteiger charge is 2.44. The molecule has 1 N–H and O–H groups in total. The van der Waals surface area contributed by atoms with E-state index in [0.717, 1.165) is 55.9 Å². The number of nitrogens with one attached hydrogen (secondary N) is 1. The summed E-state index contributed by atoms with van der Waals surface area (Å²) in [6, 6.07) is 11.5. The van der Waals surface area contributed by atoms with Crippen molar-refractivity contribution >= 4 is 33.2 Å². The largest absolute Gasteiger partial charge is 0.490 e. The Hall–Kier alpha value is -2.59. The van der Waals surface area contributed by atoms with Gasteiger partial charge in [0.25, 0.3) is 5.91 Å². The first-order valence-corrected chi connectivity index (χ1v) is 18.6.